The van der Waals surface area contributed by atoms with Crippen molar-refractivity contribution in [3.8, 4) is 0 Å². The molecule has 1 amide bonds. The molecule has 2 aromatic rings. The third-order valence-corrected chi connectivity index (χ3v) is 14.2. The molecule has 1 aliphatic carbocycles. The van der Waals surface area contributed by atoms with E-state index < -0.39 is 53.8 Å². The molecule has 0 saturated heterocycles. The predicted molar refractivity (Wildman–Crippen MR) is 137 cm³/mol. The number of alkyl halides is 1. The van der Waals surface area contributed by atoms with Gasteiger partial charge in [-0.3, -0.25) is 4.79 Å². The van der Waals surface area contributed by atoms with Gasteiger partial charge in [0.25, 0.3) is 0 Å². The van der Waals surface area contributed by atoms with E-state index in [1.807, 2.05) is 3.83 Å². The number of nitrogens with zero attached hydrogens (tertiary/aromatic N) is 5. The summed E-state index contributed by atoms with van der Waals surface area (Å²) in [5.74, 6) is -0.0153. The first-order valence-electron chi connectivity index (χ1n) is 12.2. The van der Waals surface area contributed by atoms with Gasteiger partial charge >= 0.3 is 216 Å². The van der Waals surface area contributed by atoms with Crippen molar-refractivity contribution in [2.45, 2.75) is 62.6 Å². The van der Waals surface area contributed by atoms with Gasteiger partial charge in [0.05, 0.1) is 0 Å². The van der Waals surface area contributed by atoms with E-state index in [4.69, 9.17) is 4.52 Å². The zero-order chi connectivity index (χ0) is 27.7. The van der Waals surface area contributed by atoms with Crippen LogP contribution in [0.2, 0.25) is 0 Å². The predicted octanol–water partition coefficient (Wildman–Crippen LogP) is 1.94. The second kappa shape index (κ2) is 11.2. The quantitative estimate of drug-likeness (QED) is 0.219. The second-order valence-corrected chi connectivity index (χ2v) is 18.0. The molecule has 15 heteroatoms. The van der Waals surface area contributed by atoms with Crippen LogP contribution in [0.15, 0.2) is 48.2 Å². The summed E-state index contributed by atoms with van der Waals surface area (Å²) < 4.78 is 52.3. The Morgan fingerprint density at radius 3 is 2.68 bits per heavy atom. The molecule has 202 valence electrons. The van der Waals surface area contributed by atoms with Gasteiger partial charge in [-0.05, 0) is 0 Å². The van der Waals surface area contributed by atoms with E-state index in [1.165, 1.54) is 43.3 Å². The average molecular weight is 650 g/mol. The van der Waals surface area contributed by atoms with Crippen LogP contribution in [0.1, 0.15) is 51.8 Å². The molecule has 12 nitrogen and oxygen atoms in total. The number of nitrogens with one attached hydrogen (secondary N) is 1. The first-order valence-corrected chi connectivity index (χ1v) is 19.1. The SMILES string of the molecule is CC(=O)NCCCN(C1CC(c2n[c]([In]3[CH]=NC(C(C)(C)F)=[CH]3)no2)C1)S(=O)(=O)c1ccccc1[N+](=O)[O-]. The Morgan fingerprint density at radius 2 is 2.05 bits per heavy atom. The molecule has 4 rings (SSSR count). The number of aliphatic imine (C=N–C) groups is 1. The third kappa shape index (κ3) is 6.15. The van der Waals surface area contributed by atoms with Crippen molar-refractivity contribution in [2.24, 2.45) is 4.99 Å². The first kappa shape index (κ1) is 28.4. The Balaban J connectivity index is 1.50. The number of carbonyl (C=O) groups is 1. The number of allylic oxidation sites excluding steroid dienone is 1. The summed E-state index contributed by atoms with van der Waals surface area (Å²) in [5, 5.41) is 18.3. The summed E-state index contributed by atoms with van der Waals surface area (Å²) in [6, 6.07) is 4.81. The number of halogens is 1. The van der Waals surface area contributed by atoms with Crippen LogP contribution in [-0.2, 0) is 14.8 Å². The van der Waals surface area contributed by atoms with Crippen LogP contribution in [0.4, 0.5) is 10.1 Å². The fourth-order valence-electron chi connectivity index (χ4n) is 4.43. The van der Waals surface area contributed by atoms with Gasteiger partial charge in [-0.25, -0.2) is 0 Å². The van der Waals surface area contributed by atoms with Crippen molar-refractivity contribution in [1.29, 1.82) is 0 Å². The molecule has 38 heavy (non-hydrogen) atoms. The first-order chi connectivity index (χ1) is 17.9. The molecular weight excluding hydrogens is 622 g/mol. The van der Waals surface area contributed by atoms with E-state index >= 15 is 0 Å². The van der Waals surface area contributed by atoms with Gasteiger partial charge in [-0.15, -0.1) is 0 Å². The van der Waals surface area contributed by atoms with Crippen LogP contribution in [-0.4, -0.2) is 83.9 Å². The number of sulfonamides is 1. The zero-order valence-corrected chi connectivity index (χ0v) is 25.3. The van der Waals surface area contributed by atoms with E-state index in [2.05, 4.69) is 20.4 Å². The molecule has 0 bridgehead atoms. The number of nitro groups is 1. The van der Waals surface area contributed by atoms with Gasteiger partial charge in [-0.1, -0.05) is 0 Å². The number of para-hydroxylation sites is 1. The zero-order valence-electron chi connectivity index (χ0n) is 21.2. The molecule has 0 radical (unpaired) electrons. The van der Waals surface area contributed by atoms with Crippen molar-refractivity contribution in [3.63, 3.8) is 0 Å². The summed E-state index contributed by atoms with van der Waals surface area (Å²) >= 11 is -2.76. The third-order valence-electron chi connectivity index (χ3n) is 6.52. The number of hydrogen-bond donors (Lipinski definition) is 1. The van der Waals surface area contributed by atoms with E-state index in [9.17, 15) is 27.7 Å². The fraction of sp³-hybridized carbons (Fsp3) is 0.478. The molecule has 2 heterocycles. The molecule has 1 N–H and O–H groups in total. The molecule has 1 aromatic heterocycles. The van der Waals surface area contributed by atoms with Gasteiger partial charge in [0.15, 0.2) is 0 Å². The van der Waals surface area contributed by atoms with Gasteiger partial charge in [0.2, 0.25) is 0 Å². The normalized spacial score (nSPS) is 19.4. The van der Waals surface area contributed by atoms with Crippen molar-refractivity contribution >= 4 is 50.6 Å². The molecule has 0 spiro atoms. The van der Waals surface area contributed by atoms with Crippen LogP contribution in [0.3, 0.4) is 0 Å². The minimum absolute atomic E-state index is 0.0721. The van der Waals surface area contributed by atoms with Crippen LogP contribution in [0, 0.1) is 10.1 Å². The van der Waals surface area contributed by atoms with Crippen molar-refractivity contribution in [1.82, 2.24) is 19.8 Å². The summed E-state index contributed by atoms with van der Waals surface area (Å²) in [6.45, 7) is 4.60. The molecule has 1 fully saturated rings. The van der Waals surface area contributed by atoms with E-state index in [0.717, 1.165) is 6.07 Å². The summed E-state index contributed by atoms with van der Waals surface area (Å²) in [5.41, 5.74) is -1.66. The average Bonchev–Trinajstić information content (AvgIpc) is 3.49. The van der Waals surface area contributed by atoms with Gasteiger partial charge < -0.3 is 0 Å². The fourth-order valence-corrected chi connectivity index (χ4v) is 11.9. The van der Waals surface area contributed by atoms with Crippen LogP contribution < -0.4 is 8.90 Å². The molecule has 0 unspecified atom stereocenters. The van der Waals surface area contributed by atoms with E-state index in [-0.39, 0.29) is 29.8 Å². The molecule has 0 atom stereocenters. The Bertz CT molecular complexity index is 1380. The van der Waals surface area contributed by atoms with E-state index in [0.29, 0.717) is 34.4 Å². The Labute approximate surface area is 227 Å². The maximum absolute atomic E-state index is 14.2. The van der Waals surface area contributed by atoms with Gasteiger partial charge in [0.1, 0.15) is 0 Å². The van der Waals surface area contributed by atoms with Crippen LogP contribution >= 0.6 is 0 Å². The van der Waals surface area contributed by atoms with Gasteiger partial charge in [-0.2, -0.15) is 0 Å². The standard InChI is InChI=1S/C17H20N5O6S.C6H8FN.In/c1-12(23)18-7-4-8-21(14-9-13(10-14)17-19-11-20-28-17)29(26,27)16-6-3-2-5-15(16)22(24)25;1-5(8-4)6(2,3)7;/h2-3,5-6,13-14H,4,7-10H2,1H3,(H,18,23);1,4H,2-3H3;. The number of aromatic nitrogens is 2. The topological polar surface area (TPSA) is 161 Å². The van der Waals surface area contributed by atoms with Gasteiger partial charge in [0, 0.05) is 6.92 Å². The molecule has 1 aliphatic heterocycles. The number of nitro benzene ring substituents is 1. The van der Waals surface area contributed by atoms with Crippen molar-refractivity contribution in [2.75, 3.05) is 13.1 Å². The number of amides is 1. The van der Waals surface area contributed by atoms with Crippen LogP contribution in [0.25, 0.3) is 0 Å². The number of carbonyl (C=O) groups excluding carboxylic acids is 1. The van der Waals surface area contributed by atoms with Crippen molar-refractivity contribution < 1.29 is 27.0 Å². The van der Waals surface area contributed by atoms with Crippen LogP contribution in [0.5, 0.6) is 0 Å². The molecule has 1 aromatic carbocycles. The Hall–Kier alpha value is -2.65. The minimum atomic E-state index is -4.21. The maximum atomic E-state index is 14.2. The molecule has 1 saturated carbocycles. The summed E-state index contributed by atoms with van der Waals surface area (Å²) in [6.07, 6.45) is 1.13. The van der Waals surface area contributed by atoms with E-state index in [1.54, 1.807) is 3.97 Å². The Morgan fingerprint density at radius 1 is 1.34 bits per heavy atom. The number of benzene rings is 1. The number of rotatable bonds is 11. The second-order valence-electron chi connectivity index (χ2n) is 9.82. The number of hydrogen-bond acceptors (Lipinski definition) is 9. The summed E-state index contributed by atoms with van der Waals surface area (Å²) in [4.78, 5) is 30.4. The molecule has 2 aliphatic rings. The molecular formula is C23H28FInN6O6S. The Kier molecular flexibility index (Phi) is 8.37. The van der Waals surface area contributed by atoms with Crippen molar-refractivity contribution in [3.05, 3.63) is 49.8 Å². The monoisotopic (exact) mass is 650 g/mol. The summed E-state index contributed by atoms with van der Waals surface area (Å²) in [7, 11) is -4.21.